The van der Waals surface area contributed by atoms with Crippen LogP contribution >= 0.6 is 11.6 Å². The molecule has 0 saturated carbocycles. The van der Waals surface area contributed by atoms with Crippen molar-refractivity contribution < 1.29 is 14.3 Å². The Morgan fingerprint density at radius 3 is 2.70 bits per heavy atom. The summed E-state index contributed by atoms with van der Waals surface area (Å²) in [6.45, 7) is 3.74. The molecule has 7 heteroatoms. The molecule has 1 amide bonds. The Balaban J connectivity index is 1.72. The van der Waals surface area contributed by atoms with E-state index in [1.54, 1.807) is 36.5 Å². The quantitative estimate of drug-likeness (QED) is 0.798. The average Bonchev–Trinajstić information content (AvgIpc) is 2.69. The lowest BCUT2D eigenvalue weighted by atomic mass is 10.00. The average molecular weight is 388 g/mol. The fourth-order valence-electron chi connectivity index (χ4n) is 3.15. The summed E-state index contributed by atoms with van der Waals surface area (Å²) in [7, 11) is 1.32. The van der Waals surface area contributed by atoms with E-state index in [1.165, 1.54) is 7.11 Å². The summed E-state index contributed by atoms with van der Waals surface area (Å²) in [5, 5.41) is 3.52. The number of hydrogen-bond acceptors (Lipinski definition) is 5. The molecule has 0 spiro atoms. The van der Waals surface area contributed by atoms with E-state index in [0.29, 0.717) is 33.6 Å². The van der Waals surface area contributed by atoms with Crippen molar-refractivity contribution >= 4 is 35.0 Å². The van der Waals surface area contributed by atoms with Crippen molar-refractivity contribution in [1.82, 2.24) is 9.88 Å². The Hall–Kier alpha value is -2.60. The minimum atomic E-state index is -0.445. The zero-order valence-electron chi connectivity index (χ0n) is 15.4. The standard InChI is InChI=1S/C20H22ClN3O3/c1-13-4-3-9-24(12-13)19(25)15-6-8-18(22-11-15)23-17-10-14(20(26)27-2)5-7-16(17)21/h5-8,10-11,13H,3-4,9,12H2,1-2H3,(H,22,23). The van der Waals surface area contributed by atoms with Crippen LogP contribution in [0.5, 0.6) is 0 Å². The highest BCUT2D eigenvalue weighted by atomic mass is 35.5. The van der Waals surface area contributed by atoms with Gasteiger partial charge in [-0.05, 0) is 49.1 Å². The lowest BCUT2D eigenvalue weighted by Crippen LogP contribution is -2.39. The molecule has 27 heavy (non-hydrogen) atoms. The summed E-state index contributed by atoms with van der Waals surface area (Å²) in [4.78, 5) is 30.5. The van der Waals surface area contributed by atoms with Gasteiger partial charge in [-0.3, -0.25) is 4.79 Å². The molecule has 0 bridgehead atoms. The zero-order valence-corrected chi connectivity index (χ0v) is 16.1. The van der Waals surface area contributed by atoms with Crippen molar-refractivity contribution in [2.75, 3.05) is 25.5 Å². The van der Waals surface area contributed by atoms with Crippen molar-refractivity contribution in [2.45, 2.75) is 19.8 Å². The predicted molar refractivity (Wildman–Crippen MR) is 105 cm³/mol. The van der Waals surface area contributed by atoms with Gasteiger partial charge in [0.1, 0.15) is 5.82 Å². The number of pyridine rings is 1. The number of aromatic nitrogens is 1. The third kappa shape index (κ3) is 4.57. The van der Waals surface area contributed by atoms with E-state index in [9.17, 15) is 9.59 Å². The first kappa shape index (κ1) is 19.2. The molecule has 1 fully saturated rings. The Bertz CT molecular complexity index is 839. The molecule has 142 valence electrons. The molecule has 1 unspecified atom stereocenters. The second-order valence-corrected chi connectivity index (χ2v) is 7.15. The first-order valence-corrected chi connectivity index (χ1v) is 9.26. The SMILES string of the molecule is COC(=O)c1ccc(Cl)c(Nc2ccc(C(=O)N3CCCC(C)C3)cn2)c1. The number of carbonyl (C=O) groups is 2. The highest BCUT2D eigenvalue weighted by Crippen LogP contribution is 2.26. The number of esters is 1. The van der Waals surface area contributed by atoms with Crippen molar-refractivity contribution in [3.05, 3.63) is 52.7 Å². The maximum atomic E-state index is 12.6. The largest absolute Gasteiger partial charge is 0.465 e. The number of piperidine rings is 1. The number of carbonyl (C=O) groups excluding carboxylic acids is 2. The van der Waals surface area contributed by atoms with Crippen LogP contribution in [0.15, 0.2) is 36.5 Å². The molecule has 1 aromatic heterocycles. The molecule has 3 rings (SSSR count). The molecule has 1 aromatic carbocycles. The fourth-order valence-corrected chi connectivity index (χ4v) is 3.32. The van der Waals surface area contributed by atoms with E-state index >= 15 is 0 Å². The summed E-state index contributed by atoms with van der Waals surface area (Å²) in [6.07, 6.45) is 3.76. The molecule has 1 aliphatic rings. The van der Waals surface area contributed by atoms with Crippen LogP contribution in [0.2, 0.25) is 5.02 Å². The molecule has 1 saturated heterocycles. The Morgan fingerprint density at radius 2 is 2.04 bits per heavy atom. The van der Waals surface area contributed by atoms with Gasteiger partial charge in [-0.25, -0.2) is 9.78 Å². The van der Waals surface area contributed by atoms with E-state index in [2.05, 4.69) is 17.2 Å². The Labute approximate surface area is 163 Å². The third-order valence-electron chi connectivity index (χ3n) is 4.60. The van der Waals surface area contributed by atoms with Gasteiger partial charge in [0.05, 0.1) is 28.9 Å². The van der Waals surface area contributed by atoms with Crippen molar-refractivity contribution in [2.24, 2.45) is 5.92 Å². The summed E-state index contributed by atoms with van der Waals surface area (Å²) in [5.41, 5.74) is 1.48. The highest BCUT2D eigenvalue weighted by molar-refractivity contribution is 6.33. The number of halogens is 1. The first-order chi connectivity index (χ1) is 13.0. The maximum Gasteiger partial charge on any atom is 0.337 e. The maximum absolute atomic E-state index is 12.6. The summed E-state index contributed by atoms with van der Waals surface area (Å²) >= 11 is 6.19. The lowest BCUT2D eigenvalue weighted by Gasteiger charge is -2.30. The van der Waals surface area contributed by atoms with Gasteiger partial charge in [0.25, 0.3) is 5.91 Å². The Morgan fingerprint density at radius 1 is 1.26 bits per heavy atom. The van der Waals surface area contributed by atoms with Gasteiger partial charge in [0, 0.05) is 19.3 Å². The number of likely N-dealkylation sites (tertiary alicyclic amines) is 1. The number of nitrogens with zero attached hydrogens (tertiary/aromatic N) is 2. The van der Waals surface area contributed by atoms with Crippen LogP contribution in [0.1, 0.15) is 40.5 Å². The number of hydrogen-bond donors (Lipinski definition) is 1. The van der Waals surface area contributed by atoms with Crippen LogP contribution in [-0.4, -0.2) is 42.0 Å². The molecule has 6 nitrogen and oxygen atoms in total. The number of rotatable bonds is 4. The molecule has 2 aromatic rings. The first-order valence-electron chi connectivity index (χ1n) is 8.88. The fraction of sp³-hybridized carbons (Fsp3) is 0.350. The number of anilines is 2. The van der Waals surface area contributed by atoms with Crippen LogP contribution < -0.4 is 5.32 Å². The molecular formula is C20H22ClN3O3. The van der Waals surface area contributed by atoms with Gasteiger partial charge in [-0.15, -0.1) is 0 Å². The minimum Gasteiger partial charge on any atom is -0.465 e. The van der Waals surface area contributed by atoms with Crippen molar-refractivity contribution in [3.8, 4) is 0 Å². The van der Waals surface area contributed by atoms with E-state index in [-0.39, 0.29) is 5.91 Å². The number of amides is 1. The molecule has 0 radical (unpaired) electrons. The van der Waals surface area contributed by atoms with Crippen LogP contribution in [-0.2, 0) is 4.74 Å². The molecule has 1 N–H and O–H groups in total. The van der Waals surface area contributed by atoms with Gasteiger partial charge >= 0.3 is 5.97 Å². The van der Waals surface area contributed by atoms with Crippen molar-refractivity contribution in [1.29, 1.82) is 0 Å². The molecular weight excluding hydrogens is 366 g/mol. The van der Waals surface area contributed by atoms with Crippen LogP contribution in [0, 0.1) is 5.92 Å². The van der Waals surface area contributed by atoms with E-state index in [0.717, 1.165) is 25.9 Å². The third-order valence-corrected chi connectivity index (χ3v) is 4.93. The van der Waals surface area contributed by atoms with Gasteiger partial charge in [-0.2, -0.15) is 0 Å². The van der Waals surface area contributed by atoms with Crippen molar-refractivity contribution in [3.63, 3.8) is 0 Å². The molecule has 2 heterocycles. The zero-order chi connectivity index (χ0) is 19.4. The van der Waals surface area contributed by atoms with E-state index < -0.39 is 5.97 Å². The lowest BCUT2D eigenvalue weighted by molar-refractivity contribution is 0.0600. The minimum absolute atomic E-state index is 0.00585. The topological polar surface area (TPSA) is 71.5 Å². The number of methoxy groups -OCH3 is 1. The normalized spacial score (nSPS) is 16.7. The van der Waals surface area contributed by atoms with E-state index in [4.69, 9.17) is 16.3 Å². The second kappa shape index (κ2) is 8.39. The van der Waals surface area contributed by atoms with Gasteiger partial charge in [-0.1, -0.05) is 18.5 Å². The highest BCUT2D eigenvalue weighted by Gasteiger charge is 2.22. The van der Waals surface area contributed by atoms with Crippen LogP contribution in [0.3, 0.4) is 0 Å². The van der Waals surface area contributed by atoms with Crippen LogP contribution in [0.25, 0.3) is 0 Å². The summed E-state index contributed by atoms with van der Waals surface area (Å²) in [5.74, 6) is 0.619. The monoisotopic (exact) mass is 387 g/mol. The molecule has 0 aliphatic carbocycles. The van der Waals surface area contributed by atoms with Crippen LogP contribution in [0.4, 0.5) is 11.5 Å². The smallest absolute Gasteiger partial charge is 0.337 e. The summed E-state index contributed by atoms with van der Waals surface area (Å²) in [6, 6.07) is 8.28. The second-order valence-electron chi connectivity index (χ2n) is 6.74. The van der Waals surface area contributed by atoms with E-state index in [1.807, 2.05) is 4.90 Å². The van der Waals surface area contributed by atoms with Gasteiger partial charge in [0.15, 0.2) is 0 Å². The summed E-state index contributed by atoms with van der Waals surface area (Å²) < 4.78 is 4.72. The van der Waals surface area contributed by atoms with Gasteiger partial charge < -0.3 is 15.0 Å². The number of ether oxygens (including phenoxy) is 1. The number of nitrogens with one attached hydrogen (secondary N) is 1. The molecule has 1 aliphatic heterocycles. The van der Waals surface area contributed by atoms with Gasteiger partial charge in [0.2, 0.25) is 0 Å². The Kier molecular flexibility index (Phi) is 5.96. The molecule has 1 atom stereocenters. The predicted octanol–water partition coefficient (Wildman–Crippen LogP) is 4.14. The number of benzene rings is 1.